The van der Waals surface area contributed by atoms with Crippen molar-refractivity contribution in [1.82, 2.24) is 49.9 Å². The van der Waals surface area contributed by atoms with Crippen molar-refractivity contribution in [2.75, 3.05) is 50.1 Å². The smallest absolute Gasteiger partial charge is 0.343 e. The molecule has 29 heteroatoms. The number of ether oxygens (including phenoxy) is 6. The van der Waals surface area contributed by atoms with Crippen LogP contribution in [0, 0.1) is 0 Å². The van der Waals surface area contributed by atoms with Crippen LogP contribution in [0.1, 0.15) is 129 Å². The van der Waals surface area contributed by atoms with Gasteiger partial charge in [-0.1, -0.05) is 59.0 Å². The van der Waals surface area contributed by atoms with E-state index in [4.69, 9.17) is 69.7 Å². The van der Waals surface area contributed by atoms with Crippen LogP contribution >= 0.6 is 38.4 Å². The first-order valence-electron chi connectivity index (χ1n) is 27.7. The quantitative estimate of drug-likeness (QED) is 0.0740. The van der Waals surface area contributed by atoms with Crippen molar-refractivity contribution in [3.8, 4) is 0 Å². The van der Waals surface area contributed by atoms with Gasteiger partial charge in [-0.3, -0.25) is 9.13 Å². The van der Waals surface area contributed by atoms with Gasteiger partial charge in [0, 0.05) is 21.2 Å². The molecule has 4 aromatic heterocycles. The predicted octanol–water partition coefficient (Wildman–Crippen LogP) is 9.46. The van der Waals surface area contributed by atoms with Gasteiger partial charge in [-0.2, -0.15) is 29.3 Å². The van der Waals surface area contributed by atoms with Gasteiger partial charge in [0.05, 0.1) is 36.5 Å². The molecule has 0 spiro atoms. The molecule has 1 N–H and O–H groups in total. The molecule has 4 fully saturated rings. The third kappa shape index (κ3) is 12.2. The van der Waals surface area contributed by atoms with Crippen LogP contribution in [0.4, 0.5) is 11.6 Å². The zero-order valence-corrected chi connectivity index (χ0v) is 52.0. The number of hydrogen-bond donors (Lipinski definition) is 1. The number of aliphatic hydroxyl groups is 1. The first-order chi connectivity index (χ1) is 39.0. The van der Waals surface area contributed by atoms with Crippen molar-refractivity contribution >= 4 is 72.4 Å². The summed E-state index contributed by atoms with van der Waals surface area (Å²) in [6.45, 7) is 17.2. The summed E-state index contributed by atoms with van der Waals surface area (Å²) < 4.78 is 91.1. The van der Waals surface area contributed by atoms with Crippen LogP contribution < -0.4 is 9.80 Å². The minimum absolute atomic E-state index is 0.0212. The Morgan fingerprint density at radius 1 is 0.651 bits per heavy atom. The summed E-state index contributed by atoms with van der Waals surface area (Å²) in [7, 11) is -2.88. The lowest BCUT2D eigenvalue weighted by Gasteiger charge is -2.33. The Morgan fingerprint density at radius 3 is 1.51 bits per heavy atom. The molecule has 450 valence electrons. The summed E-state index contributed by atoms with van der Waals surface area (Å²) >= 11 is 12.9. The predicted molar refractivity (Wildman–Crippen MR) is 305 cm³/mol. The number of hydrogen-bond acceptors (Lipinski definition) is 23. The Hall–Kier alpha value is -4.40. The lowest BCUT2D eigenvalue weighted by Crippen LogP contribution is -2.33. The Morgan fingerprint density at radius 2 is 1.07 bits per heavy atom. The summed E-state index contributed by atoms with van der Waals surface area (Å²) in [5.41, 5.74) is 5.18. The zero-order chi connectivity index (χ0) is 59.3. The van der Waals surface area contributed by atoms with E-state index in [0.717, 1.165) is 25.7 Å². The number of benzene rings is 2. The second-order valence-corrected chi connectivity index (χ2v) is 29.7. The lowest BCUT2D eigenvalue weighted by atomic mass is 10.1. The molecule has 8 heterocycles. The van der Waals surface area contributed by atoms with Crippen molar-refractivity contribution in [1.29, 1.82) is 0 Å². The maximum absolute atomic E-state index is 14.0. The molecule has 11 atom stereocenters. The number of rotatable bonds is 15. The van der Waals surface area contributed by atoms with Gasteiger partial charge in [0.2, 0.25) is 10.6 Å². The summed E-state index contributed by atoms with van der Waals surface area (Å²) in [6.07, 6.45) is -1.30. The van der Waals surface area contributed by atoms with Crippen LogP contribution in [0.15, 0.2) is 48.5 Å². The molecular formula is C54H72Cl2N12O13P2. The van der Waals surface area contributed by atoms with Crippen LogP contribution in [0.3, 0.4) is 0 Å². The van der Waals surface area contributed by atoms with Crippen LogP contribution in [0.25, 0.3) is 22.3 Å². The maximum atomic E-state index is 14.0. The molecule has 12 rings (SSSR count). The van der Waals surface area contributed by atoms with E-state index in [1.807, 2.05) is 40.1 Å². The highest BCUT2D eigenvalue weighted by molar-refractivity contribution is 7.71. The number of aryl methyl sites for hydroxylation is 2. The van der Waals surface area contributed by atoms with Crippen molar-refractivity contribution in [3.63, 3.8) is 0 Å². The molecule has 0 radical (unpaired) electrons. The standard InChI is InChI=1S/C32H47ClN6O9P2.C22H25ClN6O4/c1-30(2,3)47-50(41,48-31(4,5)6)18-49(40,42-10)43-17-22-24-25(46-32(7,8)45-24)28(44-22)39-27-23(36-37-39)26(34-29(33)35-27)38(9)21-16-15-19-13-11-12-14-20(19)21;1-22(2)32-16-14(10-30)31-20(17(16)33-22)29-19-15(26-27-29)18(24-21(23)25-19)28(3)13-9-8-11-6-4-5-7-12(11)13/h11-14,21-22,24-25,28H,15-18H2,1-10H3;4-7,13-14,16-17,20,30H,8-10H2,1-3H3/t21-,22+,24+,25+,28+,49?;13-,14+,16+,17+,20+/m00/s1. The number of fused-ring (bicyclic) bond motifs is 6. The van der Waals surface area contributed by atoms with Crippen LogP contribution in [-0.4, -0.2) is 155 Å². The summed E-state index contributed by atoms with van der Waals surface area (Å²) in [5.74, 6) is -1.25. The molecule has 2 aromatic carbocycles. The molecule has 25 nitrogen and oxygen atoms in total. The van der Waals surface area contributed by atoms with Gasteiger partial charge in [-0.05, 0) is 140 Å². The third-order valence-corrected chi connectivity index (χ3v) is 21.0. The fraction of sp³-hybridized carbons (Fsp3) is 0.630. The van der Waals surface area contributed by atoms with Gasteiger partial charge in [0.25, 0.3) is 0 Å². The van der Waals surface area contributed by atoms with Crippen LogP contribution in [-0.2, 0) is 68.5 Å². The van der Waals surface area contributed by atoms with E-state index < -0.39 is 93.0 Å². The Bertz CT molecular complexity index is 3470. The van der Waals surface area contributed by atoms with Crippen molar-refractivity contribution in [3.05, 3.63) is 81.4 Å². The Labute approximate surface area is 491 Å². The molecule has 4 saturated heterocycles. The molecule has 1 unspecified atom stereocenters. The highest BCUT2D eigenvalue weighted by Gasteiger charge is 2.59. The van der Waals surface area contributed by atoms with Crippen molar-refractivity contribution in [2.45, 2.75) is 179 Å². The van der Waals surface area contributed by atoms with Gasteiger partial charge < -0.3 is 61.4 Å². The average Bonchev–Trinajstić information content (AvgIpc) is 1.83. The van der Waals surface area contributed by atoms with E-state index in [1.165, 1.54) is 34.0 Å². The van der Waals surface area contributed by atoms with E-state index in [1.54, 1.807) is 60.1 Å². The van der Waals surface area contributed by atoms with E-state index in [0.29, 0.717) is 34.0 Å². The van der Waals surface area contributed by atoms with Gasteiger partial charge in [-0.15, -0.1) is 10.2 Å². The summed E-state index contributed by atoms with van der Waals surface area (Å²) in [4.78, 5) is 22.1. The minimum atomic E-state index is -4.06. The number of nitrogens with zero attached hydrogens (tertiary/aromatic N) is 12. The highest BCUT2D eigenvalue weighted by atomic mass is 35.5. The molecule has 6 aromatic rings. The van der Waals surface area contributed by atoms with Gasteiger partial charge in [-0.25, -0.2) is 0 Å². The fourth-order valence-corrected chi connectivity index (χ4v) is 17.5. The molecule has 0 amide bonds. The SMILES string of the molecule is CN(c1nc(Cl)nc2c1nnn2[C@@H]1O[C@H](CO)[C@H]2OC(C)(C)O[C@H]21)[C@H]1CCc2ccccc21.COP(=O)(CP(=O)(OC(C)(C)C)OC(C)(C)C)OC[C@H]1O[C@@H](n2nnc3c(N(C)[C@H]4CCc5ccccc54)nc(Cl)nc32)[C@@H]2OC(C)(C)O[C@@H]21. The van der Waals surface area contributed by atoms with E-state index >= 15 is 0 Å². The van der Waals surface area contributed by atoms with Crippen LogP contribution in [0.5, 0.6) is 0 Å². The second kappa shape index (κ2) is 22.4. The highest BCUT2D eigenvalue weighted by Crippen LogP contribution is 2.66. The van der Waals surface area contributed by atoms with Crippen LogP contribution in [0.2, 0.25) is 10.6 Å². The largest absolute Gasteiger partial charge is 0.394 e. The topological polar surface area (TPSA) is 266 Å². The maximum Gasteiger partial charge on any atom is 0.343 e. The average molecular weight is 1230 g/mol. The van der Waals surface area contributed by atoms with Gasteiger partial charge in [0.1, 0.15) is 36.6 Å². The second-order valence-electron chi connectivity index (χ2n) is 24.5. The number of anilines is 2. The van der Waals surface area contributed by atoms with E-state index in [-0.39, 0.29) is 35.9 Å². The molecule has 83 heavy (non-hydrogen) atoms. The molecule has 4 aliphatic heterocycles. The lowest BCUT2D eigenvalue weighted by molar-refractivity contribution is -0.201. The monoisotopic (exact) mass is 1230 g/mol. The first-order valence-corrected chi connectivity index (χ1v) is 31.9. The van der Waals surface area contributed by atoms with E-state index in [2.05, 4.69) is 86.8 Å². The molecule has 2 aliphatic carbocycles. The van der Waals surface area contributed by atoms with Crippen molar-refractivity contribution < 1.29 is 60.8 Å². The molecular weight excluding hydrogens is 1160 g/mol. The Kier molecular flexibility index (Phi) is 16.3. The van der Waals surface area contributed by atoms with Gasteiger partial charge in [0.15, 0.2) is 63.9 Å². The summed E-state index contributed by atoms with van der Waals surface area (Å²) in [5, 5.41) is 27.6. The first kappa shape index (κ1) is 60.3. The van der Waals surface area contributed by atoms with Crippen molar-refractivity contribution in [2.24, 2.45) is 0 Å². The number of aromatic nitrogens is 10. The minimum Gasteiger partial charge on any atom is -0.394 e. The van der Waals surface area contributed by atoms with Gasteiger partial charge >= 0.3 is 15.2 Å². The molecule has 0 bridgehead atoms. The van der Waals surface area contributed by atoms with E-state index in [9.17, 15) is 14.2 Å². The zero-order valence-electron chi connectivity index (χ0n) is 48.7. The number of aliphatic hydroxyl groups excluding tert-OH is 1. The third-order valence-electron chi connectivity index (χ3n) is 15.2. The molecule has 0 saturated carbocycles. The summed E-state index contributed by atoms with van der Waals surface area (Å²) in [6, 6.07) is 17.0. The normalized spacial score (nSPS) is 27.8. The fourth-order valence-electron chi connectivity index (χ4n) is 12.0. The Balaban J connectivity index is 0.000000188. The molecule has 6 aliphatic rings. The number of halogens is 2.